The molecule has 0 spiro atoms. The molecule has 0 bridgehead atoms. The van der Waals surface area contributed by atoms with E-state index >= 15 is 0 Å². The van der Waals surface area contributed by atoms with Crippen LogP contribution >= 0.6 is 36.6 Å². The average Bonchev–Trinajstić information content (AvgIpc) is 3.24. The maximum Gasteiger partial charge on any atom is 0.258 e. The third-order valence-electron chi connectivity index (χ3n) is 6.28. The first-order chi connectivity index (χ1) is 15.3. The highest BCUT2D eigenvalue weighted by atomic mass is 35.5. The molecular weight excluding hydrogens is 475 g/mol. The number of hydrogen-bond acceptors (Lipinski definition) is 4. The number of thioether (sulfide) groups is 1. The number of rotatable bonds is 7. The fraction of sp³-hybridized carbons (Fsp3) is 0.360. The van der Waals surface area contributed by atoms with Gasteiger partial charge in [0.15, 0.2) is 0 Å². The molecule has 33 heavy (non-hydrogen) atoms. The van der Waals surface area contributed by atoms with Gasteiger partial charge >= 0.3 is 0 Å². The number of amides is 1. The third-order valence-corrected chi connectivity index (χ3v) is 7.33. The van der Waals surface area contributed by atoms with Crippen LogP contribution in [0.2, 0.25) is 0 Å². The smallest absolute Gasteiger partial charge is 0.258 e. The van der Waals surface area contributed by atoms with Gasteiger partial charge in [-0.15, -0.1) is 24.8 Å². The van der Waals surface area contributed by atoms with Crippen molar-refractivity contribution in [1.82, 2.24) is 19.6 Å². The van der Waals surface area contributed by atoms with Crippen LogP contribution in [0, 0.1) is 0 Å². The number of carbonyl (C=O) groups is 1. The first-order valence-electron chi connectivity index (χ1n) is 11.2. The normalized spacial score (nSPS) is 15.9. The first kappa shape index (κ1) is 25.6. The highest BCUT2D eigenvalue weighted by Gasteiger charge is 2.21. The molecule has 2 aliphatic rings. The molecule has 1 amide bonds. The molecule has 1 saturated heterocycles. The van der Waals surface area contributed by atoms with Gasteiger partial charge in [0, 0.05) is 6.54 Å². The van der Waals surface area contributed by atoms with Crippen LogP contribution in [0.3, 0.4) is 0 Å². The second-order valence-electron chi connectivity index (χ2n) is 8.34. The van der Waals surface area contributed by atoms with E-state index in [1.807, 2.05) is 30.5 Å². The van der Waals surface area contributed by atoms with Gasteiger partial charge in [-0.25, -0.2) is 4.98 Å². The Bertz CT molecular complexity index is 1090. The van der Waals surface area contributed by atoms with Crippen LogP contribution in [0.15, 0.2) is 64.7 Å². The maximum absolute atomic E-state index is 12.6. The van der Waals surface area contributed by atoms with E-state index in [9.17, 15) is 4.79 Å². The van der Waals surface area contributed by atoms with Crippen LogP contribution in [-0.4, -0.2) is 46.4 Å². The fourth-order valence-electron chi connectivity index (χ4n) is 4.56. The predicted molar refractivity (Wildman–Crippen MR) is 141 cm³/mol. The summed E-state index contributed by atoms with van der Waals surface area (Å²) in [6.07, 6.45) is 8.38. The minimum Gasteiger partial charge on any atom is -0.352 e. The Kier molecular flexibility index (Phi) is 9.27. The van der Waals surface area contributed by atoms with E-state index in [0.29, 0.717) is 5.92 Å². The molecule has 8 heteroatoms. The molecule has 0 atom stereocenters. The maximum atomic E-state index is 12.6. The SMILES string of the molecule is Cl.Cl.O=C(NCCCCN1CCC(c2ccccc2)CC1)C1=Cc2cnc3cccc(n23)S1. The Balaban J connectivity index is 0.00000153. The molecule has 2 aromatic heterocycles. The van der Waals surface area contributed by atoms with Gasteiger partial charge in [0.05, 0.1) is 21.8 Å². The Hall–Kier alpha value is -1.99. The zero-order chi connectivity index (χ0) is 21.0. The van der Waals surface area contributed by atoms with Crippen molar-refractivity contribution in [2.24, 2.45) is 0 Å². The van der Waals surface area contributed by atoms with Gasteiger partial charge in [0.1, 0.15) is 5.65 Å². The minimum atomic E-state index is 0. The summed E-state index contributed by atoms with van der Waals surface area (Å²) >= 11 is 1.51. The van der Waals surface area contributed by atoms with Crippen molar-refractivity contribution in [3.05, 3.63) is 70.9 Å². The summed E-state index contributed by atoms with van der Waals surface area (Å²) in [6, 6.07) is 16.9. The molecule has 4 heterocycles. The van der Waals surface area contributed by atoms with Gasteiger partial charge < -0.3 is 10.2 Å². The largest absolute Gasteiger partial charge is 0.352 e. The van der Waals surface area contributed by atoms with E-state index in [0.717, 1.165) is 47.2 Å². The van der Waals surface area contributed by atoms with Crippen molar-refractivity contribution in [3.63, 3.8) is 0 Å². The zero-order valence-electron chi connectivity index (χ0n) is 18.5. The van der Waals surface area contributed by atoms with Crippen LogP contribution in [0.1, 0.15) is 42.9 Å². The Morgan fingerprint density at radius 3 is 2.61 bits per heavy atom. The Labute approximate surface area is 211 Å². The molecule has 2 aliphatic heterocycles. The van der Waals surface area contributed by atoms with E-state index in [1.54, 1.807) is 0 Å². The topological polar surface area (TPSA) is 49.6 Å². The number of nitrogens with zero attached hydrogens (tertiary/aromatic N) is 3. The summed E-state index contributed by atoms with van der Waals surface area (Å²) in [6.45, 7) is 4.19. The number of carbonyl (C=O) groups excluding carboxylic acids is 1. The first-order valence-corrected chi connectivity index (χ1v) is 12.0. The lowest BCUT2D eigenvalue weighted by Gasteiger charge is -2.32. The molecule has 0 aliphatic carbocycles. The van der Waals surface area contributed by atoms with Gasteiger partial charge in [0.2, 0.25) is 0 Å². The van der Waals surface area contributed by atoms with Crippen molar-refractivity contribution < 1.29 is 4.79 Å². The average molecular weight is 506 g/mol. The van der Waals surface area contributed by atoms with Crippen LogP contribution in [0.4, 0.5) is 0 Å². The lowest BCUT2D eigenvalue weighted by molar-refractivity contribution is -0.116. The number of imidazole rings is 1. The molecule has 1 aromatic carbocycles. The van der Waals surface area contributed by atoms with Gasteiger partial charge in [-0.1, -0.05) is 48.2 Å². The number of halogens is 2. The number of likely N-dealkylation sites (tertiary alicyclic amines) is 1. The van der Waals surface area contributed by atoms with Crippen LogP contribution in [0.5, 0.6) is 0 Å². The molecule has 0 radical (unpaired) electrons. The van der Waals surface area contributed by atoms with E-state index in [-0.39, 0.29) is 30.7 Å². The molecule has 1 fully saturated rings. The van der Waals surface area contributed by atoms with E-state index in [1.165, 1.54) is 43.3 Å². The number of pyridine rings is 1. The summed E-state index contributed by atoms with van der Waals surface area (Å²) < 4.78 is 2.09. The number of hydrogen-bond donors (Lipinski definition) is 1. The van der Waals surface area contributed by atoms with Gasteiger partial charge in [0.25, 0.3) is 5.91 Å². The quantitative estimate of drug-likeness (QED) is 0.437. The van der Waals surface area contributed by atoms with Crippen molar-refractivity contribution >= 4 is 54.2 Å². The van der Waals surface area contributed by atoms with Crippen molar-refractivity contribution in [3.8, 4) is 0 Å². The monoisotopic (exact) mass is 504 g/mol. The number of nitrogens with one attached hydrogen (secondary N) is 1. The van der Waals surface area contributed by atoms with Gasteiger partial charge in [-0.2, -0.15) is 0 Å². The number of piperidine rings is 1. The molecule has 5 rings (SSSR count). The molecule has 0 saturated carbocycles. The van der Waals surface area contributed by atoms with Crippen molar-refractivity contribution in [2.75, 3.05) is 26.2 Å². The second kappa shape index (κ2) is 11.9. The predicted octanol–water partition coefficient (Wildman–Crippen LogP) is 5.40. The Morgan fingerprint density at radius 1 is 1.03 bits per heavy atom. The number of aromatic nitrogens is 2. The summed E-state index contributed by atoms with van der Waals surface area (Å²) in [5.74, 6) is 0.721. The van der Waals surface area contributed by atoms with Crippen LogP contribution < -0.4 is 5.32 Å². The number of benzene rings is 1. The third kappa shape index (κ3) is 5.93. The summed E-state index contributed by atoms with van der Waals surface area (Å²) in [7, 11) is 0. The zero-order valence-corrected chi connectivity index (χ0v) is 20.9. The highest BCUT2D eigenvalue weighted by Crippen LogP contribution is 2.34. The van der Waals surface area contributed by atoms with Gasteiger partial charge in [-0.3, -0.25) is 9.20 Å². The van der Waals surface area contributed by atoms with E-state index < -0.39 is 0 Å². The molecule has 1 N–H and O–H groups in total. The van der Waals surface area contributed by atoms with Crippen molar-refractivity contribution in [1.29, 1.82) is 0 Å². The van der Waals surface area contributed by atoms with E-state index in [4.69, 9.17) is 0 Å². The molecular formula is C25H30Cl2N4OS. The summed E-state index contributed by atoms with van der Waals surface area (Å²) in [4.78, 5) is 20.4. The number of unbranched alkanes of at least 4 members (excludes halogenated alkanes) is 1. The lowest BCUT2D eigenvalue weighted by atomic mass is 9.89. The lowest BCUT2D eigenvalue weighted by Crippen LogP contribution is -2.34. The second-order valence-corrected chi connectivity index (χ2v) is 9.40. The Morgan fingerprint density at radius 2 is 1.82 bits per heavy atom. The summed E-state index contributed by atoms with van der Waals surface area (Å²) in [5.41, 5.74) is 3.37. The van der Waals surface area contributed by atoms with E-state index in [2.05, 4.69) is 49.9 Å². The molecule has 3 aromatic rings. The van der Waals surface area contributed by atoms with Crippen LogP contribution in [0.25, 0.3) is 11.7 Å². The molecule has 176 valence electrons. The minimum absolute atomic E-state index is 0. The standard InChI is InChI=1S/C25H28N4OS.2ClH/c30-25(22-17-21-18-27-23-9-6-10-24(31-22)29(21)23)26-13-4-5-14-28-15-11-20(12-16-28)19-7-2-1-3-8-19;;/h1-3,6-10,17-18,20H,4-5,11-16H2,(H,26,30);2*1H. The fourth-order valence-corrected chi connectivity index (χ4v) is 5.57. The molecule has 5 nitrogen and oxygen atoms in total. The summed E-state index contributed by atoms with van der Waals surface area (Å²) in [5, 5.41) is 4.14. The van der Waals surface area contributed by atoms with Crippen molar-refractivity contribution in [2.45, 2.75) is 36.6 Å². The molecule has 0 unspecified atom stereocenters. The highest BCUT2D eigenvalue weighted by molar-refractivity contribution is 8.04. The van der Waals surface area contributed by atoms with Crippen LogP contribution in [-0.2, 0) is 4.79 Å². The van der Waals surface area contributed by atoms with Gasteiger partial charge in [-0.05, 0) is 75.0 Å².